The van der Waals surface area contributed by atoms with Gasteiger partial charge in [-0.1, -0.05) is 0 Å². The lowest BCUT2D eigenvalue weighted by Gasteiger charge is -1.98. The number of aromatic amines is 1. The largest absolute Gasteiger partial charge is 0.286 e. The minimum atomic E-state index is 0.130. The summed E-state index contributed by atoms with van der Waals surface area (Å²) in [5, 5.41) is 11.8. The molecule has 1 N–H and O–H groups in total. The van der Waals surface area contributed by atoms with E-state index in [0.29, 0.717) is 6.54 Å². The van der Waals surface area contributed by atoms with Gasteiger partial charge in [0, 0.05) is 23.1 Å². The zero-order valence-corrected chi connectivity index (χ0v) is 15.9. The molecule has 0 fully saturated rings. The molecule has 0 aromatic carbocycles. The van der Waals surface area contributed by atoms with Crippen molar-refractivity contribution in [2.45, 2.75) is 19.9 Å². The first-order valence-electron chi connectivity index (χ1n) is 8.32. The summed E-state index contributed by atoms with van der Waals surface area (Å²) in [5.74, 6) is 0.130. The molecule has 4 aromatic heterocycles. The van der Waals surface area contributed by atoms with Gasteiger partial charge < -0.3 is 0 Å². The molecule has 0 amide bonds. The van der Waals surface area contributed by atoms with Gasteiger partial charge in [0.05, 0.1) is 16.1 Å². The molecule has 4 aromatic rings. The number of aryl methyl sites for hydroxylation is 1. The van der Waals surface area contributed by atoms with Crippen LogP contribution in [0.3, 0.4) is 0 Å². The quantitative estimate of drug-likeness (QED) is 0.401. The summed E-state index contributed by atoms with van der Waals surface area (Å²) in [4.78, 5) is 14.4. The molecule has 4 nitrogen and oxygen atoms in total. The molecule has 6 heteroatoms. The van der Waals surface area contributed by atoms with Crippen molar-refractivity contribution in [3.63, 3.8) is 0 Å². The van der Waals surface area contributed by atoms with Gasteiger partial charge in [-0.15, -0.1) is 11.3 Å². The van der Waals surface area contributed by atoms with E-state index in [-0.39, 0.29) is 5.78 Å². The molecule has 0 aliphatic rings. The first-order chi connectivity index (χ1) is 12.7. The number of aromatic nitrogens is 3. The lowest BCUT2D eigenvalue weighted by atomic mass is 10.1. The van der Waals surface area contributed by atoms with E-state index in [1.165, 1.54) is 5.56 Å². The number of pyridine rings is 1. The fraction of sp³-hybridized carbons (Fsp3) is 0.150. The van der Waals surface area contributed by atoms with Gasteiger partial charge in [-0.3, -0.25) is 9.89 Å². The van der Waals surface area contributed by atoms with Gasteiger partial charge in [0.2, 0.25) is 12.3 Å². The summed E-state index contributed by atoms with van der Waals surface area (Å²) in [5.41, 5.74) is 4.25. The number of hydrogen-bond acceptors (Lipinski definition) is 4. The SMILES string of the molecule is Cc1ccc(C(=O)C[n+]2cccc(-c3cc(Cc4ccsc4)[nH]n3)c2)s1. The van der Waals surface area contributed by atoms with Crippen LogP contribution in [0.2, 0.25) is 0 Å². The third-order valence-electron chi connectivity index (χ3n) is 4.10. The second-order valence-corrected chi connectivity index (χ2v) is 8.25. The topological polar surface area (TPSA) is 49.6 Å². The van der Waals surface area contributed by atoms with Crippen LogP contribution in [0.4, 0.5) is 0 Å². The number of carbonyl (C=O) groups is 1. The van der Waals surface area contributed by atoms with Crippen molar-refractivity contribution in [3.05, 3.63) is 80.6 Å². The number of Topliss-reactive ketones (excluding diaryl/α,β-unsaturated/α-hetero) is 1. The highest BCUT2D eigenvalue weighted by Crippen LogP contribution is 2.19. The zero-order valence-electron chi connectivity index (χ0n) is 14.3. The van der Waals surface area contributed by atoms with Crippen LogP contribution in [0.15, 0.2) is 59.6 Å². The van der Waals surface area contributed by atoms with Gasteiger partial charge in [-0.05, 0) is 53.6 Å². The molecule has 0 atom stereocenters. The Morgan fingerprint density at radius 2 is 2.19 bits per heavy atom. The second kappa shape index (κ2) is 7.35. The standard InChI is InChI=1S/C20H18N3OS2/c1-14-4-5-20(26-14)19(24)12-23-7-2-3-16(11-23)18-10-17(21-22-18)9-15-6-8-25-13-15/h2-8,10-11,13H,9,12H2,1H3,(H,21,22)/q+1. The highest BCUT2D eigenvalue weighted by molar-refractivity contribution is 7.14. The van der Waals surface area contributed by atoms with E-state index in [0.717, 1.165) is 33.1 Å². The van der Waals surface area contributed by atoms with E-state index in [2.05, 4.69) is 33.1 Å². The van der Waals surface area contributed by atoms with Crippen molar-refractivity contribution in [1.29, 1.82) is 0 Å². The molecule has 4 rings (SSSR count). The average Bonchev–Trinajstić information content (AvgIpc) is 3.38. The molecule has 0 spiro atoms. The Balaban J connectivity index is 1.50. The molecule has 0 unspecified atom stereocenters. The summed E-state index contributed by atoms with van der Waals surface area (Å²) in [6.07, 6.45) is 4.74. The number of hydrogen-bond donors (Lipinski definition) is 1. The van der Waals surface area contributed by atoms with Crippen molar-refractivity contribution >= 4 is 28.5 Å². The van der Waals surface area contributed by atoms with E-state index in [1.807, 2.05) is 48.1 Å². The Hall–Kier alpha value is -2.57. The average molecular weight is 381 g/mol. The summed E-state index contributed by atoms with van der Waals surface area (Å²) >= 11 is 3.24. The molecule has 0 radical (unpaired) electrons. The van der Waals surface area contributed by atoms with Gasteiger partial charge >= 0.3 is 0 Å². The molecule has 0 saturated carbocycles. The third-order valence-corrected chi connectivity index (χ3v) is 5.87. The van der Waals surface area contributed by atoms with Gasteiger partial charge in [0.25, 0.3) is 0 Å². The van der Waals surface area contributed by atoms with Crippen molar-refractivity contribution in [2.75, 3.05) is 0 Å². The first kappa shape index (κ1) is 16.9. The molecule has 0 bridgehead atoms. The Labute approximate surface area is 159 Å². The highest BCUT2D eigenvalue weighted by atomic mass is 32.1. The maximum atomic E-state index is 12.4. The van der Waals surface area contributed by atoms with E-state index < -0.39 is 0 Å². The van der Waals surface area contributed by atoms with Gasteiger partial charge in [-0.2, -0.15) is 21.0 Å². The number of nitrogens with one attached hydrogen (secondary N) is 1. The Bertz CT molecular complexity index is 1030. The monoisotopic (exact) mass is 380 g/mol. The summed E-state index contributed by atoms with van der Waals surface area (Å²) < 4.78 is 1.92. The fourth-order valence-electron chi connectivity index (χ4n) is 2.81. The van der Waals surface area contributed by atoms with Gasteiger partial charge in [-0.25, -0.2) is 0 Å². The number of carbonyl (C=O) groups excluding carboxylic acids is 1. The van der Waals surface area contributed by atoms with Crippen LogP contribution in [0, 0.1) is 6.92 Å². The number of nitrogens with zero attached hydrogens (tertiary/aromatic N) is 2. The van der Waals surface area contributed by atoms with Crippen LogP contribution < -0.4 is 4.57 Å². The predicted octanol–water partition coefficient (Wildman–Crippen LogP) is 4.27. The van der Waals surface area contributed by atoms with Gasteiger partial charge in [0.15, 0.2) is 12.4 Å². The Morgan fingerprint density at radius 1 is 1.27 bits per heavy atom. The van der Waals surface area contributed by atoms with Crippen molar-refractivity contribution < 1.29 is 9.36 Å². The van der Waals surface area contributed by atoms with E-state index in [4.69, 9.17) is 0 Å². The minimum absolute atomic E-state index is 0.130. The number of thiophene rings is 2. The lowest BCUT2D eigenvalue weighted by molar-refractivity contribution is -0.682. The molecular weight excluding hydrogens is 362 g/mol. The molecule has 0 aliphatic heterocycles. The summed E-state index contributed by atoms with van der Waals surface area (Å²) in [6.45, 7) is 2.35. The smallest absolute Gasteiger partial charge is 0.237 e. The predicted molar refractivity (Wildman–Crippen MR) is 105 cm³/mol. The normalized spacial score (nSPS) is 11.0. The first-order valence-corrected chi connectivity index (χ1v) is 10.1. The minimum Gasteiger partial charge on any atom is -0.286 e. The molecule has 4 heterocycles. The molecule has 0 saturated heterocycles. The summed E-state index contributed by atoms with van der Waals surface area (Å²) in [6, 6.07) is 12.0. The maximum absolute atomic E-state index is 12.4. The van der Waals surface area contributed by atoms with Crippen LogP contribution in [-0.4, -0.2) is 16.0 Å². The molecular formula is C20H18N3OS2+. The van der Waals surface area contributed by atoms with Crippen LogP contribution in [-0.2, 0) is 13.0 Å². The maximum Gasteiger partial charge on any atom is 0.237 e. The van der Waals surface area contributed by atoms with Crippen LogP contribution in [0.25, 0.3) is 11.3 Å². The van der Waals surface area contributed by atoms with E-state index >= 15 is 0 Å². The van der Waals surface area contributed by atoms with Crippen molar-refractivity contribution in [3.8, 4) is 11.3 Å². The Morgan fingerprint density at radius 3 is 2.96 bits per heavy atom. The van der Waals surface area contributed by atoms with Crippen molar-refractivity contribution in [1.82, 2.24) is 10.2 Å². The fourth-order valence-corrected chi connectivity index (χ4v) is 4.28. The molecule has 0 aliphatic carbocycles. The lowest BCUT2D eigenvalue weighted by Crippen LogP contribution is -2.37. The molecule has 26 heavy (non-hydrogen) atoms. The van der Waals surface area contributed by atoms with Crippen LogP contribution in [0.5, 0.6) is 0 Å². The number of rotatable bonds is 6. The third kappa shape index (κ3) is 3.81. The number of ketones is 1. The molecule has 130 valence electrons. The van der Waals surface area contributed by atoms with E-state index in [1.54, 1.807) is 22.7 Å². The van der Waals surface area contributed by atoms with Crippen molar-refractivity contribution in [2.24, 2.45) is 0 Å². The van der Waals surface area contributed by atoms with Crippen LogP contribution in [0.1, 0.15) is 25.8 Å². The summed E-state index contributed by atoms with van der Waals surface area (Å²) in [7, 11) is 0. The number of H-pyrrole nitrogens is 1. The van der Waals surface area contributed by atoms with Gasteiger partial charge in [0.1, 0.15) is 0 Å². The second-order valence-electron chi connectivity index (χ2n) is 6.19. The zero-order chi connectivity index (χ0) is 17.9. The van der Waals surface area contributed by atoms with Crippen LogP contribution >= 0.6 is 22.7 Å². The Kier molecular flexibility index (Phi) is 4.77. The van der Waals surface area contributed by atoms with E-state index in [9.17, 15) is 4.79 Å². The highest BCUT2D eigenvalue weighted by Gasteiger charge is 2.15.